The van der Waals surface area contributed by atoms with Crippen molar-refractivity contribution in [2.24, 2.45) is 0 Å². The van der Waals surface area contributed by atoms with E-state index in [4.69, 9.17) is 9.47 Å². The number of fused-ring (bicyclic) bond motifs is 1. The first-order chi connectivity index (χ1) is 10.2. The highest BCUT2D eigenvalue weighted by atomic mass is 16.5. The lowest BCUT2D eigenvalue weighted by molar-refractivity contribution is 0.353. The second kappa shape index (κ2) is 5.78. The summed E-state index contributed by atoms with van der Waals surface area (Å²) in [5, 5.41) is 3.60. The van der Waals surface area contributed by atoms with Crippen molar-refractivity contribution in [2.45, 2.75) is 19.4 Å². The summed E-state index contributed by atoms with van der Waals surface area (Å²) in [5.41, 5.74) is 5.18. The van der Waals surface area contributed by atoms with Crippen molar-refractivity contribution in [2.75, 3.05) is 20.8 Å². The molecule has 2 aromatic rings. The summed E-state index contributed by atoms with van der Waals surface area (Å²) >= 11 is 0. The molecule has 3 rings (SSSR count). The Morgan fingerprint density at radius 1 is 1.00 bits per heavy atom. The molecule has 0 saturated heterocycles. The maximum Gasteiger partial charge on any atom is 0.161 e. The van der Waals surface area contributed by atoms with Crippen LogP contribution < -0.4 is 14.8 Å². The lowest BCUT2D eigenvalue weighted by Gasteiger charge is -2.28. The molecule has 0 aromatic heterocycles. The van der Waals surface area contributed by atoms with Crippen LogP contribution in [0.4, 0.5) is 0 Å². The van der Waals surface area contributed by atoms with Crippen LogP contribution in [0, 0.1) is 6.92 Å². The van der Waals surface area contributed by atoms with E-state index in [1.807, 2.05) is 0 Å². The van der Waals surface area contributed by atoms with E-state index in [2.05, 4.69) is 48.6 Å². The quantitative estimate of drug-likeness (QED) is 0.938. The molecule has 3 heteroatoms. The van der Waals surface area contributed by atoms with Gasteiger partial charge < -0.3 is 14.8 Å². The molecule has 0 fully saturated rings. The van der Waals surface area contributed by atoms with Crippen LogP contribution in [0.3, 0.4) is 0 Å². The van der Waals surface area contributed by atoms with Crippen LogP contribution in [0.1, 0.15) is 28.3 Å². The molecular weight excluding hydrogens is 262 g/mol. The number of methoxy groups -OCH3 is 2. The highest BCUT2D eigenvalue weighted by Gasteiger charge is 2.23. The minimum absolute atomic E-state index is 0.217. The van der Waals surface area contributed by atoms with Crippen LogP contribution in [0.5, 0.6) is 11.5 Å². The standard InChI is InChI=1S/C18H21NO2/c1-12-4-6-13(7-5-12)18-15-11-17(21-3)16(20-2)10-14(15)8-9-19-18/h4-7,10-11,18-19H,8-9H2,1-3H3. The van der Waals surface area contributed by atoms with Gasteiger partial charge in [-0.1, -0.05) is 29.8 Å². The van der Waals surface area contributed by atoms with Crippen LogP contribution in [-0.4, -0.2) is 20.8 Å². The molecule has 1 atom stereocenters. The Labute approximate surface area is 125 Å². The van der Waals surface area contributed by atoms with Crippen molar-refractivity contribution in [1.82, 2.24) is 5.32 Å². The molecular formula is C18H21NO2. The van der Waals surface area contributed by atoms with Crippen LogP contribution in [0.25, 0.3) is 0 Å². The van der Waals surface area contributed by atoms with Crippen molar-refractivity contribution >= 4 is 0 Å². The fraction of sp³-hybridized carbons (Fsp3) is 0.333. The first-order valence-electron chi connectivity index (χ1n) is 7.27. The average Bonchev–Trinajstić information content (AvgIpc) is 2.53. The van der Waals surface area contributed by atoms with Gasteiger partial charge >= 0.3 is 0 Å². The van der Waals surface area contributed by atoms with Crippen LogP contribution >= 0.6 is 0 Å². The number of hydrogen-bond donors (Lipinski definition) is 1. The Kier molecular flexibility index (Phi) is 3.84. The maximum atomic E-state index is 5.45. The highest BCUT2D eigenvalue weighted by Crippen LogP contribution is 2.37. The Bertz CT molecular complexity index is 634. The van der Waals surface area contributed by atoms with E-state index in [0.29, 0.717) is 0 Å². The summed E-state index contributed by atoms with van der Waals surface area (Å²) in [6.07, 6.45) is 1.01. The van der Waals surface area contributed by atoms with Gasteiger partial charge in [0.15, 0.2) is 11.5 Å². The summed E-state index contributed by atoms with van der Waals surface area (Å²) in [6, 6.07) is 13.1. The van der Waals surface area contributed by atoms with Gasteiger partial charge in [-0.15, -0.1) is 0 Å². The third kappa shape index (κ3) is 2.61. The zero-order valence-corrected chi connectivity index (χ0v) is 12.8. The number of aryl methyl sites for hydroxylation is 1. The third-order valence-corrected chi connectivity index (χ3v) is 4.11. The molecule has 1 aliphatic heterocycles. The van der Waals surface area contributed by atoms with Crippen molar-refractivity contribution in [3.8, 4) is 11.5 Å². The molecule has 3 nitrogen and oxygen atoms in total. The highest BCUT2D eigenvalue weighted by molar-refractivity contribution is 5.51. The molecule has 1 N–H and O–H groups in total. The van der Waals surface area contributed by atoms with E-state index in [1.165, 1.54) is 22.3 Å². The second-order valence-electron chi connectivity index (χ2n) is 5.45. The summed E-state index contributed by atoms with van der Waals surface area (Å²) in [7, 11) is 3.37. The molecule has 0 aliphatic carbocycles. The molecule has 2 aromatic carbocycles. The van der Waals surface area contributed by atoms with Crippen molar-refractivity contribution < 1.29 is 9.47 Å². The zero-order valence-electron chi connectivity index (χ0n) is 12.8. The summed E-state index contributed by atoms with van der Waals surface area (Å²) in [4.78, 5) is 0. The van der Waals surface area contributed by atoms with E-state index in [-0.39, 0.29) is 6.04 Å². The molecule has 0 bridgehead atoms. The Hall–Kier alpha value is -2.00. The predicted octanol–water partition coefficient (Wildman–Crippen LogP) is 3.25. The van der Waals surface area contributed by atoms with E-state index >= 15 is 0 Å². The topological polar surface area (TPSA) is 30.5 Å². The normalized spacial score (nSPS) is 17.2. The largest absolute Gasteiger partial charge is 0.493 e. The molecule has 0 spiro atoms. The van der Waals surface area contributed by atoms with E-state index < -0.39 is 0 Å². The fourth-order valence-electron chi connectivity index (χ4n) is 2.94. The SMILES string of the molecule is COc1cc2c(cc1OC)C(c1ccc(C)cc1)NCC2. The van der Waals surface area contributed by atoms with Gasteiger partial charge in [-0.3, -0.25) is 0 Å². The first-order valence-corrected chi connectivity index (χ1v) is 7.27. The van der Waals surface area contributed by atoms with E-state index in [0.717, 1.165) is 24.5 Å². The molecule has 1 heterocycles. The number of ether oxygens (including phenoxy) is 2. The van der Waals surface area contributed by atoms with Crippen LogP contribution in [0.2, 0.25) is 0 Å². The van der Waals surface area contributed by atoms with Gasteiger partial charge in [0, 0.05) is 6.54 Å². The van der Waals surface area contributed by atoms with E-state index in [1.54, 1.807) is 14.2 Å². The lowest BCUT2D eigenvalue weighted by atomic mass is 9.89. The molecule has 1 aliphatic rings. The van der Waals surface area contributed by atoms with Gasteiger partial charge in [0.2, 0.25) is 0 Å². The maximum absolute atomic E-state index is 5.45. The number of benzene rings is 2. The molecule has 0 saturated carbocycles. The minimum atomic E-state index is 0.217. The molecule has 0 amide bonds. The Morgan fingerprint density at radius 2 is 1.67 bits per heavy atom. The minimum Gasteiger partial charge on any atom is -0.493 e. The lowest BCUT2D eigenvalue weighted by Crippen LogP contribution is -2.30. The Balaban J connectivity index is 2.06. The van der Waals surface area contributed by atoms with Crippen LogP contribution in [-0.2, 0) is 6.42 Å². The van der Waals surface area contributed by atoms with Gasteiger partial charge in [0.05, 0.1) is 20.3 Å². The van der Waals surface area contributed by atoms with E-state index in [9.17, 15) is 0 Å². The first kappa shape index (κ1) is 14.0. The molecule has 21 heavy (non-hydrogen) atoms. The summed E-state index contributed by atoms with van der Waals surface area (Å²) in [5.74, 6) is 1.60. The van der Waals surface area contributed by atoms with Crippen molar-refractivity contribution in [1.29, 1.82) is 0 Å². The third-order valence-electron chi connectivity index (χ3n) is 4.11. The van der Waals surface area contributed by atoms with Gasteiger partial charge in [-0.25, -0.2) is 0 Å². The zero-order chi connectivity index (χ0) is 14.8. The summed E-state index contributed by atoms with van der Waals surface area (Å²) < 4.78 is 10.9. The number of nitrogens with one attached hydrogen (secondary N) is 1. The molecule has 110 valence electrons. The number of rotatable bonds is 3. The van der Waals surface area contributed by atoms with Gasteiger partial charge in [-0.05, 0) is 42.2 Å². The smallest absolute Gasteiger partial charge is 0.161 e. The monoisotopic (exact) mass is 283 g/mol. The second-order valence-corrected chi connectivity index (χ2v) is 5.45. The van der Waals surface area contributed by atoms with Crippen molar-refractivity contribution in [3.63, 3.8) is 0 Å². The summed E-state index contributed by atoms with van der Waals surface area (Å²) in [6.45, 7) is 3.08. The predicted molar refractivity (Wildman–Crippen MR) is 84.3 cm³/mol. The average molecular weight is 283 g/mol. The Morgan fingerprint density at radius 3 is 2.33 bits per heavy atom. The molecule has 1 unspecified atom stereocenters. The van der Waals surface area contributed by atoms with Crippen LogP contribution in [0.15, 0.2) is 36.4 Å². The van der Waals surface area contributed by atoms with Gasteiger partial charge in [0.1, 0.15) is 0 Å². The van der Waals surface area contributed by atoms with Gasteiger partial charge in [-0.2, -0.15) is 0 Å². The van der Waals surface area contributed by atoms with Crippen molar-refractivity contribution in [3.05, 3.63) is 58.7 Å². The molecule has 0 radical (unpaired) electrons. The van der Waals surface area contributed by atoms with Gasteiger partial charge in [0.25, 0.3) is 0 Å². The fourth-order valence-corrected chi connectivity index (χ4v) is 2.94. The number of hydrogen-bond acceptors (Lipinski definition) is 3.